The monoisotopic (exact) mass is 412 g/mol. The molecule has 1 aromatic heterocycles. The van der Waals surface area contributed by atoms with Crippen molar-refractivity contribution >= 4 is 46.4 Å². The molecule has 0 aliphatic heterocycles. The van der Waals surface area contributed by atoms with E-state index in [1.54, 1.807) is 16.2 Å². The molecule has 26 heavy (non-hydrogen) atoms. The predicted octanol–water partition coefficient (Wildman–Crippen LogP) is 4.32. The molecule has 0 spiro atoms. The van der Waals surface area contributed by atoms with Crippen LogP contribution in [-0.4, -0.2) is 39.0 Å². The molecule has 140 valence electrons. The zero-order valence-corrected chi connectivity index (χ0v) is 17.1. The minimum absolute atomic E-state index is 0.0509. The van der Waals surface area contributed by atoms with Gasteiger partial charge in [-0.05, 0) is 30.9 Å². The van der Waals surface area contributed by atoms with Crippen molar-refractivity contribution in [3.05, 3.63) is 58.3 Å². The third kappa shape index (κ3) is 6.01. The Hall–Kier alpha value is -1.56. The third-order valence-corrected chi connectivity index (χ3v) is 5.13. The van der Waals surface area contributed by atoms with Gasteiger partial charge in [0.15, 0.2) is 4.84 Å². The van der Waals surface area contributed by atoms with Gasteiger partial charge in [0.25, 0.3) is 5.91 Å². The first-order chi connectivity index (χ1) is 12.4. The fourth-order valence-corrected chi connectivity index (χ4v) is 3.48. The highest BCUT2D eigenvalue weighted by molar-refractivity contribution is 7.09. The van der Waals surface area contributed by atoms with Crippen LogP contribution in [0.25, 0.3) is 0 Å². The predicted molar refractivity (Wildman–Crippen MR) is 107 cm³/mol. The minimum atomic E-state index is -1.18. The van der Waals surface area contributed by atoms with E-state index in [1.807, 2.05) is 61.7 Å². The molecular weight excluding hydrogens is 391 g/mol. The van der Waals surface area contributed by atoms with Crippen molar-refractivity contribution in [1.29, 1.82) is 0 Å². The number of halogens is 2. The maximum atomic E-state index is 13.0. The summed E-state index contributed by atoms with van der Waals surface area (Å²) in [7, 11) is 0. The molecule has 2 aromatic rings. The average molecular weight is 413 g/mol. The fraction of sp³-hybridized carbons (Fsp3) is 0.368. The van der Waals surface area contributed by atoms with Crippen LogP contribution in [0.1, 0.15) is 24.3 Å². The summed E-state index contributed by atoms with van der Waals surface area (Å²) in [5, 5.41) is 1.98. The quantitative estimate of drug-likeness (QED) is 0.605. The van der Waals surface area contributed by atoms with E-state index in [4.69, 9.17) is 23.2 Å². The van der Waals surface area contributed by atoms with E-state index in [2.05, 4.69) is 0 Å². The molecule has 0 N–H and O–H groups in total. The van der Waals surface area contributed by atoms with Crippen LogP contribution in [0, 0.1) is 0 Å². The lowest BCUT2D eigenvalue weighted by molar-refractivity contribution is -0.141. The van der Waals surface area contributed by atoms with Crippen LogP contribution in [0.15, 0.2) is 47.8 Å². The molecule has 2 rings (SSSR count). The SMILES string of the molecule is CC(C)N(CC(=O)N(Cc1ccccc1)Cc1cccs1)C(=O)C(Cl)Cl. The van der Waals surface area contributed by atoms with Gasteiger partial charge in [-0.1, -0.05) is 59.6 Å². The summed E-state index contributed by atoms with van der Waals surface area (Å²) in [6, 6.07) is 13.6. The van der Waals surface area contributed by atoms with E-state index in [0.717, 1.165) is 10.4 Å². The summed E-state index contributed by atoms with van der Waals surface area (Å²) in [5.74, 6) is -0.592. The number of nitrogens with zero attached hydrogens (tertiary/aromatic N) is 2. The molecule has 0 fully saturated rings. The van der Waals surface area contributed by atoms with Crippen LogP contribution in [0.5, 0.6) is 0 Å². The van der Waals surface area contributed by atoms with Crippen molar-refractivity contribution in [2.75, 3.05) is 6.54 Å². The van der Waals surface area contributed by atoms with Crippen LogP contribution in [0.2, 0.25) is 0 Å². The van der Waals surface area contributed by atoms with Crippen molar-refractivity contribution in [3.63, 3.8) is 0 Å². The van der Waals surface area contributed by atoms with Gasteiger partial charge in [-0.3, -0.25) is 9.59 Å². The molecule has 4 nitrogen and oxygen atoms in total. The molecule has 1 heterocycles. The molecule has 0 aliphatic rings. The van der Waals surface area contributed by atoms with Gasteiger partial charge in [0.05, 0.1) is 6.54 Å². The van der Waals surface area contributed by atoms with Crippen LogP contribution >= 0.6 is 34.5 Å². The van der Waals surface area contributed by atoms with Crippen molar-refractivity contribution in [3.8, 4) is 0 Å². The molecule has 7 heteroatoms. The highest BCUT2D eigenvalue weighted by Crippen LogP contribution is 2.16. The van der Waals surface area contributed by atoms with E-state index in [1.165, 1.54) is 4.90 Å². The summed E-state index contributed by atoms with van der Waals surface area (Å²) in [5.41, 5.74) is 1.03. The van der Waals surface area contributed by atoms with E-state index >= 15 is 0 Å². The molecule has 0 atom stereocenters. The van der Waals surface area contributed by atoms with Gasteiger partial charge < -0.3 is 9.80 Å². The van der Waals surface area contributed by atoms with Crippen molar-refractivity contribution in [1.82, 2.24) is 9.80 Å². The van der Waals surface area contributed by atoms with E-state index in [9.17, 15) is 9.59 Å². The Bertz CT molecular complexity index is 706. The Labute approximate surface area is 168 Å². The number of amides is 2. The Kier molecular flexibility index (Phi) is 7.94. The maximum Gasteiger partial charge on any atom is 0.256 e. The van der Waals surface area contributed by atoms with Crippen LogP contribution in [0.4, 0.5) is 0 Å². The largest absolute Gasteiger partial charge is 0.332 e. The fourth-order valence-electron chi connectivity index (χ4n) is 2.51. The van der Waals surface area contributed by atoms with E-state index in [-0.39, 0.29) is 18.5 Å². The molecule has 1 aromatic carbocycles. The first-order valence-corrected chi connectivity index (χ1v) is 10.1. The Morgan fingerprint density at radius 2 is 1.73 bits per heavy atom. The highest BCUT2D eigenvalue weighted by atomic mass is 35.5. The van der Waals surface area contributed by atoms with Gasteiger partial charge in [-0.15, -0.1) is 11.3 Å². The second-order valence-electron chi connectivity index (χ2n) is 6.18. The summed E-state index contributed by atoms with van der Waals surface area (Å²) in [6.07, 6.45) is 0. The van der Waals surface area contributed by atoms with E-state index < -0.39 is 10.7 Å². The number of hydrogen-bond acceptors (Lipinski definition) is 3. The van der Waals surface area contributed by atoms with Crippen LogP contribution in [-0.2, 0) is 22.7 Å². The lowest BCUT2D eigenvalue weighted by Gasteiger charge is -2.30. The maximum absolute atomic E-state index is 13.0. The number of rotatable bonds is 8. The summed E-state index contributed by atoms with van der Waals surface area (Å²) < 4.78 is 0. The second-order valence-corrected chi connectivity index (χ2v) is 8.30. The zero-order valence-electron chi connectivity index (χ0n) is 14.8. The van der Waals surface area contributed by atoms with E-state index in [0.29, 0.717) is 13.1 Å². The Morgan fingerprint density at radius 1 is 1.04 bits per heavy atom. The first kappa shape index (κ1) is 20.7. The van der Waals surface area contributed by atoms with Gasteiger partial charge in [-0.2, -0.15) is 0 Å². The Balaban J connectivity index is 2.16. The number of hydrogen-bond donors (Lipinski definition) is 0. The number of alkyl halides is 2. The summed E-state index contributed by atoms with van der Waals surface area (Å²) >= 11 is 13.1. The first-order valence-electron chi connectivity index (χ1n) is 8.31. The lowest BCUT2D eigenvalue weighted by atomic mass is 10.2. The topological polar surface area (TPSA) is 40.6 Å². The average Bonchev–Trinajstić information content (AvgIpc) is 3.12. The van der Waals surface area contributed by atoms with Gasteiger partial charge >= 0.3 is 0 Å². The van der Waals surface area contributed by atoms with Gasteiger partial charge in [-0.25, -0.2) is 0 Å². The normalized spacial score (nSPS) is 11.0. The van der Waals surface area contributed by atoms with Crippen molar-refractivity contribution < 1.29 is 9.59 Å². The second kappa shape index (κ2) is 9.95. The standard InChI is InChI=1S/C19H22Cl2N2O2S/c1-14(2)23(19(25)18(20)21)13-17(24)22(12-16-9-6-10-26-16)11-15-7-4-3-5-8-15/h3-10,14,18H,11-13H2,1-2H3. The molecular formula is C19H22Cl2N2O2S. The highest BCUT2D eigenvalue weighted by Gasteiger charge is 2.27. The Morgan fingerprint density at radius 3 is 2.27 bits per heavy atom. The van der Waals surface area contributed by atoms with Crippen LogP contribution in [0.3, 0.4) is 0 Å². The number of benzene rings is 1. The number of thiophene rings is 1. The number of carbonyl (C=O) groups excluding carboxylic acids is 2. The zero-order chi connectivity index (χ0) is 19.1. The molecule has 0 bridgehead atoms. The van der Waals surface area contributed by atoms with Crippen molar-refractivity contribution in [2.45, 2.75) is 37.8 Å². The van der Waals surface area contributed by atoms with Crippen LogP contribution < -0.4 is 0 Å². The third-order valence-electron chi connectivity index (χ3n) is 3.89. The van der Waals surface area contributed by atoms with Crippen molar-refractivity contribution in [2.24, 2.45) is 0 Å². The molecule has 2 amide bonds. The molecule has 0 aliphatic carbocycles. The molecule has 0 saturated carbocycles. The van der Waals surface area contributed by atoms with Gasteiger partial charge in [0.2, 0.25) is 5.91 Å². The molecule has 0 radical (unpaired) electrons. The smallest absolute Gasteiger partial charge is 0.256 e. The summed E-state index contributed by atoms with van der Waals surface area (Å²) in [6.45, 7) is 4.59. The van der Waals surface area contributed by atoms with Gasteiger partial charge in [0.1, 0.15) is 6.54 Å². The minimum Gasteiger partial charge on any atom is -0.332 e. The van der Waals surface area contributed by atoms with Gasteiger partial charge in [0, 0.05) is 17.5 Å². The lowest BCUT2D eigenvalue weighted by Crippen LogP contribution is -2.47. The summed E-state index contributed by atoms with van der Waals surface area (Å²) in [4.78, 5) is 28.3. The number of carbonyl (C=O) groups is 2. The molecule has 0 saturated heterocycles. The molecule has 0 unspecified atom stereocenters.